The summed E-state index contributed by atoms with van der Waals surface area (Å²) in [6, 6.07) is 11.9. The Hall–Kier alpha value is -1.96. The van der Waals surface area contributed by atoms with E-state index >= 15 is 0 Å². The smallest absolute Gasteiger partial charge is 0.115 e. The van der Waals surface area contributed by atoms with Crippen LogP contribution in [0.4, 0.5) is 0 Å². The molecule has 2 heteroatoms. The van der Waals surface area contributed by atoms with E-state index in [1.165, 1.54) is 41.5 Å². The largest absolute Gasteiger partial charge is 0.508 e. The third kappa shape index (κ3) is 3.34. The predicted octanol–water partition coefficient (Wildman–Crippen LogP) is 6.59. The van der Waals surface area contributed by atoms with Crippen molar-refractivity contribution in [1.29, 1.82) is 0 Å². The fraction of sp³-hybridized carbons (Fsp3) is 0.500. The first-order valence-corrected chi connectivity index (χ1v) is 10.0. The molecule has 2 nitrogen and oxygen atoms in total. The lowest BCUT2D eigenvalue weighted by Gasteiger charge is -2.42. The van der Waals surface area contributed by atoms with Gasteiger partial charge < -0.3 is 10.2 Å². The normalized spacial score (nSPS) is 17.0. The van der Waals surface area contributed by atoms with Crippen LogP contribution in [0.25, 0.3) is 0 Å². The molecule has 0 atom stereocenters. The highest BCUT2D eigenvalue weighted by Crippen LogP contribution is 2.50. The lowest BCUT2D eigenvalue weighted by Crippen LogP contribution is -2.33. The van der Waals surface area contributed by atoms with Crippen LogP contribution < -0.4 is 0 Å². The maximum atomic E-state index is 10.1. The van der Waals surface area contributed by atoms with Crippen molar-refractivity contribution in [2.75, 3.05) is 0 Å². The van der Waals surface area contributed by atoms with Crippen LogP contribution >= 0.6 is 0 Å². The van der Waals surface area contributed by atoms with Crippen LogP contribution in [0.1, 0.15) is 93.9 Å². The minimum atomic E-state index is -0.0289. The Kier molecular flexibility index (Phi) is 5.32. The van der Waals surface area contributed by atoms with E-state index in [0.717, 1.165) is 12.8 Å². The van der Waals surface area contributed by atoms with Crippen molar-refractivity contribution in [3.8, 4) is 11.5 Å². The van der Waals surface area contributed by atoms with Gasteiger partial charge in [0.15, 0.2) is 0 Å². The van der Waals surface area contributed by atoms with Crippen molar-refractivity contribution in [3.05, 3.63) is 58.7 Å². The monoisotopic (exact) mass is 352 g/mol. The summed E-state index contributed by atoms with van der Waals surface area (Å²) in [7, 11) is 0. The molecule has 0 saturated heterocycles. The van der Waals surface area contributed by atoms with Crippen LogP contribution in [0.5, 0.6) is 11.5 Å². The summed E-state index contributed by atoms with van der Waals surface area (Å²) in [4.78, 5) is 0. The SMILES string of the molecule is CC(C)c1cc(O)ccc1C1(c2ccc(O)cc2C(C)C)CCCCC1. The maximum absolute atomic E-state index is 10.1. The van der Waals surface area contributed by atoms with Crippen LogP contribution in [-0.2, 0) is 5.41 Å². The van der Waals surface area contributed by atoms with Crippen molar-refractivity contribution in [1.82, 2.24) is 0 Å². The van der Waals surface area contributed by atoms with Crippen molar-refractivity contribution in [2.24, 2.45) is 0 Å². The Morgan fingerprint density at radius 3 is 1.50 bits per heavy atom. The predicted molar refractivity (Wildman–Crippen MR) is 108 cm³/mol. The second-order valence-corrected chi connectivity index (χ2v) is 8.50. The Morgan fingerprint density at radius 1 is 0.692 bits per heavy atom. The molecule has 0 aromatic heterocycles. The summed E-state index contributed by atoms with van der Waals surface area (Å²) in [5.74, 6) is 1.41. The highest BCUT2D eigenvalue weighted by atomic mass is 16.3. The van der Waals surface area contributed by atoms with Crippen LogP contribution in [0, 0.1) is 0 Å². The third-order valence-electron chi connectivity index (χ3n) is 6.05. The molecule has 3 rings (SSSR count). The number of aromatic hydroxyl groups is 2. The highest BCUT2D eigenvalue weighted by molar-refractivity contribution is 5.52. The highest BCUT2D eigenvalue weighted by Gasteiger charge is 2.39. The first-order chi connectivity index (χ1) is 12.3. The minimum absolute atomic E-state index is 0.0289. The average Bonchev–Trinajstić information content (AvgIpc) is 2.62. The molecular formula is C24H32O2. The third-order valence-corrected chi connectivity index (χ3v) is 6.05. The van der Waals surface area contributed by atoms with Gasteiger partial charge in [-0.3, -0.25) is 0 Å². The number of phenols is 2. The van der Waals surface area contributed by atoms with Crippen molar-refractivity contribution in [2.45, 2.75) is 77.0 Å². The number of hydrogen-bond acceptors (Lipinski definition) is 2. The Bertz CT molecular complexity index is 708. The molecule has 0 spiro atoms. The molecule has 0 aliphatic heterocycles. The van der Waals surface area contributed by atoms with Gasteiger partial charge in [-0.05, 0) is 71.2 Å². The van der Waals surface area contributed by atoms with Crippen molar-refractivity contribution >= 4 is 0 Å². The summed E-state index contributed by atoms with van der Waals surface area (Å²) in [5.41, 5.74) is 5.18. The topological polar surface area (TPSA) is 40.5 Å². The van der Waals surface area contributed by atoms with Crippen LogP contribution in [0.2, 0.25) is 0 Å². The van der Waals surface area contributed by atoms with Crippen LogP contribution in [0.15, 0.2) is 36.4 Å². The molecule has 0 heterocycles. The van der Waals surface area contributed by atoms with E-state index in [4.69, 9.17) is 0 Å². The summed E-state index contributed by atoms with van der Waals surface area (Å²) >= 11 is 0. The second-order valence-electron chi connectivity index (χ2n) is 8.50. The first-order valence-electron chi connectivity index (χ1n) is 10.0. The van der Waals surface area contributed by atoms with E-state index in [0.29, 0.717) is 23.3 Å². The van der Waals surface area contributed by atoms with Gasteiger partial charge in [-0.2, -0.15) is 0 Å². The van der Waals surface area contributed by atoms with E-state index in [1.807, 2.05) is 24.3 Å². The molecule has 2 aromatic carbocycles. The first kappa shape index (κ1) is 18.8. The number of benzene rings is 2. The zero-order valence-corrected chi connectivity index (χ0v) is 16.5. The minimum Gasteiger partial charge on any atom is -0.508 e. The number of phenolic OH excluding ortho intramolecular Hbond substituents is 2. The van der Waals surface area contributed by atoms with Crippen LogP contribution in [0.3, 0.4) is 0 Å². The molecule has 0 bridgehead atoms. The molecule has 1 aliphatic carbocycles. The Labute approximate surface area is 157 Å². The molecule has 1 saturated carbocycles. The van der Waals surface area contributed by atoms with E-state index < -0.39 is 0 Å². The van der Waals surface area contributed by atoms with E-state index in [1.54, 1.807) is 0 Å². The van der Waals surface area contributed by atoms with E-state index in [-0.39, 0.29) is 5.41 Å². The fourth-order valence-corrected chi connectivity index (χ4v) is 4.77. The number of hydrogen-bond donors (Lipinski definition) is 2. The van der Waals surface area contributed by atoms with Gasteiger partial charge in [-0.25, -0.2) is 0 Å². The summed E-state index contributed by atoms with van der Waals surface area (Å²) in [5, 5.41) is 20.2. The molecule has 140 valence electrons. The van der Waals surface area contributed by atoms with Crippen molar-refractivity contribution < 1.29 is 10.2 Å². The van der Waals surface area contributed by atoms with Gasteiger partial charge in [-0.1, -0.05) is 59.1 Å². The van der Waals surface area contributed by atoms with Crippen molar-refractivity contribution in [3.63, 3.8) is 0 Å². The molecule has 1 aliphatic rings. The Morgan fingerprint density at radius 2 is 1.12 bits per heavy atom. The lowest BCUT2D eigenvalue weighted by molar-refractivity contribution is 0.339. The lowest BCUT2D eigenvalue weighted by atomic mass is 9.62. The maximum Gasteiger partial charge on any atom is 0.115 e. The fourth-order valence-electron chi connectivity index (χ4n) is 4.77. The van der Waals surface area contributed by atoms with Gasteiger partial charge in [0.25, 0.3) is 0 Å². The molecule has 2 N–H and O–H groups in total. The van der Waals surface area contributed by atoms with E-state index in [9.17, 15) is 10.2 Å². The number of rotatable bonds is 4. The summed E-state index contributed by atoms with van der Waals surface area (Å²) in [6.45, 7) is 8.81. The molecule has 0 radical (unpaired) electrons. The molecular weight excluding hydrogens is 320 g/mol. The molecule has 2 aromatic rings. The average molecular weight is 353 g/mol. The molecule has 0 amide bonds. The second kappa shape index (κ2) is 7.34. The quantitative estimate of drug-likeness (QED) is 0.651. The zero-order chi connectivity index (χ0) is 18.9. The van der Waals surface area contributed by atoms with Gasteiger partial charge in [0.1, 0.15) is 11.5 Å². The van der Waals surface area contributed by atoms with Gasteiger partial charge in [0.2, 0.25) is 0 Å². The molecule has 26 heavy (non-hydrogen) atoms. The van der Waals surface area contributed by atoms with E-state index in [2.05, 4.69) is 39.8 Å². The standard InChI is InChI=1S/C24H32O2/c1-16(2)20-14-18(25)8-10-22(20)24(12-6-5-7-13-24)23-11-9-19(26)15-21(23)17(3)4/h8-11,14-17,25-26H,5-7,12-13H2,1-4H3. The molecule has 1 fully saturated rings. The van der Waals surface area contributed by atoms with Gasteiger partial charge >= 0.3 is 0 Å². The van der Waals surface area contributed by atoms with Gasteiger partial charge in [0, 0.05) is 5.41 Å². The van der Waals surface area contributed by atoms with Gasteiger partial charge in [0.05, 0.1) is 0 Å². The zero-order valence-electron chi connectivity index (χ0n) is 16.5. The summed E-state index contributed by atoms with van der Waals surface area (Å²) < 4.78 is 0. The Balaban J connectivity index is 2.28. The summed E-state index contributed by atoms with van der Waals surface area (Å²) in [6.07, 6.45) is 5.98. The molecule has 0 unspecified atom stereocenters. The van der Waals surface area contributed by atoms with Gasteiger partial charge in [-0.15, -0.1) is 0 Å². The van der Waals surface area contributed by atoms with Crippen LogP contribution in [-0.4, -0.2) is 10.2 Å².